The highest BCUT2D eigenvalue weighted by Gasteiger charge is 2.45. The second kappa shape index (κ2) is 8.32. The lowest BCUT2D eigenvalue weighted by Gasteiger charge is -2.43. The van der Waals surface area contributed by atoms with Crippen LogP contribution >= 0.6 is 0 Å². The highest BCUT2D eigenvalue weighted by Crippen LogP contribution is 2.26. The fraction of sp³-hybridized carbons (Fsp3) is 1.00. The Morgan fingerprint density at radius 2 is 1.38 bits per heavy atom. The molecule has 2 rings (SSSR count). The third-order valence-electron chi connectivity index (χ3n) is 4.81. The summed E-state index contributed by atoms with van der Waals surface area (Å²) in [5, 5.41) is 71.2. The Balaban J connectivity index is 1.96. The van der Waals surface area contributed by atoms with Gasteiger partial charge in [0, 0.05) is 13.2 Å². The molecule has 2 aliphatic rings. The van der Waals surface area contributed by atoms with Gasteiger partial charge in [0.25, 0.3) is 0 Å². The van der Waals surface area contributed by atoms with E-state index >= 15 is 0 Å². The standard InChI is InChI=1S/C14H27NO9/c1-23-14-13(22)12(21)10(19)7(24-14)3-2-5-8(17)11(20)9(18)6(4-16)15-5/h5-22H,2-4H2,1H3/t5-,6+,7+,8+,9+,10+,11+,12-,13+,14-/m0/s1. The van der Waals surface area contributed by atoms with Crippen molar-refractivity contribution in [2.24, 2.45) is 0 Å². The average molecular weight is 353 g/mol. The Labute approximate surface area is 139 Å². The Hall–Kier alpha value is -0.400. The minimum atomic E-state index is -1.43. The van der Waals surface area contributed by atoms with Crippen molar-refractivity contribution in [2.45, 2.75) is 73.9 Å². The average Bonchev–Trinajstić information content (AvgIpc) is 2.58. The predicted octanol–water partition coefficient (Wildman–Crippen LogP) is -4.36. The zero-order valence-electron chi connectivity index (χ0n) is 13.3. The fourth-order valence-electron chi connectivity index (χ4n) is 3.26. The molecule has 0 aromatic carbocycles. The minimum absolute atomic E-state index is 0.181. The summed E-state index contributed by atoms with van der Waals surface area (Å²) in [6, 6.07) is -1.44. The predicted molar refractivity (Wildman–Crippen MR) is 78.7 cm³/mol. The molecule has 10 atom stereocenters. The van der Waals surface area contributed by atoms with Crippen LogP contribution in [0.4, 0.5) is 0 Å². The zero-order valence-corrected chi connectivity index (χ0v) is 13.3. The van der Waals surface area contributed by atoms with Crippen molar-refractivity contribution in [1.29, 1.82) is 0 Å². The normalized spacial score (nSPS) is 50.0. The van der Waals surface area contributed by atoms with Gasteiger partial charge < -0.3 is 50.5 Å². The van der Waals surface area contributed by atoms with E-state index in [1.165, 1.54) is 7.11 Å². The van der Waals surface area contributed by atoms with Crippen LogP contribution in [0.2, 0.25) is 0 Å². The number of ether oxygens (including phenoxy) is 2. The van der Waals surface area contributed by atoms with Crippen molar-refractivity contribution in [3.63, 3.8) is 0 Å². The van der Waals surface area contributed by atoms with Gasteiger partial charge in [0.2, 0.25) is 0 Å². The third kappa shape index (κ3) is 3.88. The van der Waals surface area contributed by atoms with E-state index in [0.29, 0.717) is 0 Å². The zero-order chi connectivity index (χ0) is 18.0. The quantitative estimate of drug-likeness (QED) is 0.241. The van der Waals surface area contributed by atoms with Crippen LogP contribution in [0.15, 0.2) is 0 Å². The molecule has 0 aromatic heterocycles. The lowest BCUT2D eigenvalue weighted by Crippen LogP contribution is -2.66. The molecule has 0 aliphatic carbocycles. The molecular weight excluding hydrogens is 326 g/mol. The van der Waals surface area contributed by atoms with Gasteiger partial charge in [0.15, 0.2) is 6.29 Å². The van der Waals surface area contributed by atoms with E-state index in [2.05, 4.69) is 5.32 Å². The van der Waals surface area contributed by atoms with Gasteiger partial charge in [0.05, 0.1) is 31.0 Å². The Morgan fingerprint density at radius 3 is 1.96 bits per heavy atom. The first-order chi connectivity index (χ1) is 11.3. The molecule has 2 saturated heterocycles. The number of piperidine rings is 1. The van der Waals surface area contributed by atoms with Gasteiger partial charge in [-0.15, -0.1) is 0 Å². The first-order valence-corrected chi connectivity index (χ1v) is 7.95. The van der Waals surface area contributed by atoms with E-state index in [0.717, 1.165) is 0 Å². The van der Waals surface area contributed by atoms with Gasteiger partial charge >= 0.3 is 0 Å². The van der Waals surface area contributed by atoms with E-state index in [1.54, 1.807) is 0 Å². The largest absolute Gasteiger partial charge is 0.395 e. The van der Waals surface area contributed by atoms with Crippen LogP contribution in [-0.2, 0) is 9.47 Å². The maximum absolute atomic E-state index is 10.0. The van der Waals surface area contributed by atoms with Crippen LogP contribution in [0.25, 0.3) is 0 Å². The van der Waals surface area contributed by atoms with Crippen molar-refractivity contribution >= 4 is 0 Å². The summed E-state index contributed by atoms with van der Waals surface area (Å²) in [5.41, 5.74) is 0. The number of hydrogen-bond donors (Lipinski definition) is 8. The van der Waals surface area contributed by atoms with E-state index in [-0.39, 0.29) is 12.8 Å². The van der Waals surface area contributed by atoms with E-state index < -0.39 is 67.7 Å². The molecule has 24 heavy (non-hydrogen) atoms. The van der Waals surface area contributed by atoms with Crippen LogP contribution in [0.5, 0.6) is 0 Å². The molecule has 0 unspecified atom stereocenters. The van der Waals surface area contributed by atoms with Gasteiger partial charge in [-0.3, -0.25) is 0 Å². The summed E-state index contributed by atoms with van der Waals surface area (Å²) in [6.45, 7) is -0.416. The summed E-state index contributed by atoms with van der Waals surface area (Å²) < 4.78 is 10.3. The molecule has 2 heterocycles. The van der Waals surface area contributed by atoms with Crippen LogP contribution in [0.3, 0.4) is 0 Å². The SMILES string of the molecule is CO[C@H]1O[C@H](CC[C@@H]2N[C@H](CO)[C@@H](O)[C@H](O)[C@@H]2O)[C@@H](O)[C@H](O)[C@H]1O. The maximum atomic E-state index is 10.0. The second-order valence-corrected chi connectivity index (χ2v) is 6.36. The van der Waals surface area contributed by atoms with Crippen LogP contribution in [-0.4, -0.2) is 111 Å². The molecule has 8 N–H and O–H groups in total. The highest BCUT2D eigenvalue weighted by atomic mass is 16.7. The van der Waals surface area contributed by atoms with Crippen molar-refractivity contribution in [2.75, 3.05) is 13.7 Å². The molecule has 2 fully saturated rings. The third-order valence-corrected chi connectivity index (χ3v) is 4.81. The van der Waals surface area contributed by atoms with Gasteiger partial charge in [-0.1, -0.05) is 0 Å². The number of rotatable bonds is 5. The van der Waals surface area contributed by atoms with E-state index in [9.17, 15) is 35.7 Å². The number of nitrogens with one attached hydrogen (secondary N) is 1. The van der Waals surface area contributed by atoms with E-state index in [4.69, 9.17) is 9.47 Å². The fourth-order valence-corrected chi connectivity index (χ4v) is 3.26. The summed E-state index contributed by atoms with van der Waals surface area (Å²) >= 11 is 0. The number of aliphatic hydroxyl groups excluding tert-OH is 7. The van der Waals surface area contributed by atoms with Crippen LogP contribution in [0.1, 0.15) is 12.8 Å². The number of aliphatic hydroxyl groups is 7. The number of hydrogen-bond acceptors (Lipinski definition) is 10. The molecule has 0 spiro atoms. The number of methoxy groups -OCH3 is 1. The molecule has 0 aromatic rings. The van der Waals surface area contributed by atoms with Gasteiger partial charge in [0.1, 0.15) is 24.4 Å². The lowest BCUT2D eigenvalue weighted by atomic mass is 9.86. The highest BCUT2D eigenvalue weighted by molar-refractivity contribution is 4.99. The Bertz CT molecular complexity index is 360. The first kappa shape index (κ1) is 19.9. The minimum Gasteiger partial charge on any atom is -0.395 e. The maximum Gasteiger partial charge on any atom is 0.186 e. The summed E-state index contributed by atoms with van der Waals surface area (Å²) in [4.78, 5) is 0. The Morgan fingerprint density at radius 1 is 0.792 bits per heavy atom. The summed E-state index contributed by atoms with van der Waals surface area (Å²) in [5.74, 6) is 0. The molecular formula is C14H27NO9. The summed E-state index contributed by atoms with van der Waals surface area (Å²) in [7, 11) is 1.30. The molecule has 10 nitrogen and oxygen atoms in total. The Kier molecular flexibility index (Phi) is 6.90. The lowest BCUT2D eigenvalue weighted by molar-refractivity contribution is -0.291. The second-order valence-electron chi connectivity index (χ2n) is 6.36. The molecule has 2 aliphatic heterocycles. The molecule has 0 amide bonds. The monoisotopic (exact) mass is 353 g/mol. The van der Waals surface area contributed by atoms with Crippen LogP contribution in [0, 0.1) is 0 Å². The smallest absolute Gasteiger partial charge is 0.186 e. The van der Waals surface area contributed by atoms with Crippen molar-refractivity contribution in [3.8, 4) is 0 Å². The van der Waals surface area contributed by atoms with Crippen molar-refractivity contribution in [1.82, 2.24) is 5.32 Å². The molecule has 142 valence electrons. The molecule has 0 saturated carbocycles. The van der Waals surface area contributed by atoms with Crippen molar-refractivity contribution in [3.05, 3.63) is 0 Å². The molecule has 0 bridgehead atoms. The summed E-state index contributed by atoms with van der Waals surface area (Å²) in [6.07, 6.45) is -9.66. The first-order valence-electron chi connectivity index (χ1n) is 7.95. The molecule has 0 radical (unpaired) electrons. The topological polar surface area (TPSA) is 172 Å². The van der Waals surface area contributed by atoms with Crippen LogP contribution < -0.4 is 5.32 Å². The van der Waals surface area contributed by atoms with Gasteiger partial charge in [-0.25, -0.2) is 0 Å². The van der Waals surface area contributed by atoms with Gasteiger partial charge in [-0.2, -0.15) is 0 Å². The van der Waals surface area contributed by atoms with Crippen molar-refractivity contribution < 1.29 is 45.2 Å². The van der Waals surface area contributed by atoms with Gasteiger partial charge in [-0.05, 0) is 12.8 Å². The molecule has 10 heteroatoms. The van der Waals surface area contributed by atoms with E-state index in [1.807, 2.05) is 0 Å².